The lowest BCUT2D eigenvalue weighted by Crippen LogP contribution is -2.47. The molecule has 1 aromatic carbocycles. The first-order chi connectivity index (χ1) is 11.8. The Morgan fingerprint density at radius 2 is 2.21 bits per heavy atom. The molecular weight excluding hydrogens is 300 g/mol. The number of aliphatic imine (C=N–C) groups is 1. The van der Waals surface area contributed by atoms with Crippen LogP contribution in [0, 0.1) is 0 Å². The van der Waals surface area contributed by atoms with Gasteiger partial charge in [0.15, 0.2) is 5.96 Å². The van der Waals surface area contributed by atoms with E-state index in [0.717, 1.165) is 31.0 Å². The van der Waals surface area contributed by atoms with Gasteiger partial charge in [0.25, 0.3) is 0 Å². The molecule has 5 nitrogen and oxygen atoms in total. The summed E-state index contributed by atoms with van der Waals surface area (Å²) >= 11 is 0. The number of benzene rings is 1. The number of rotatable bonds is 4. The minimum Gasteiger partial charge on any atom is -0.373 e. The Morgan fingerprint density at radius 1 is 1.29 bits per heavy atom. The molecule has 2 aliphatic rings. The summed E-state index contributed by atoms with van der Waals surface area (Å²) in [5.41, 5.74) is 1.01. The van der Waals surface area contributed by atoms with Crippen molar-refractivity contribution in [1.29, 1.82) is 0 Å². The average molecular weight is 324 g/mol. The van der Waals surface area contributed by atoms with Crippen LogP contribution in [-0.4, -0.2) is 35.7 Å². The van der Waals surface area contributed by atoms with E-state index < -0.39 is 0 Å². The summed E-state index contributed by atoms with van der Waals surface area (Å²) in [6, 6.07) is 10.7. The molecule has 2 aromatic rings. The summed E-state index contributed by atoms with van der Waals surface area (Å²) in [5.74, 6) is 0.855. The molecule has 1 aromatic heterocycles. The van der Waals surface area contributed by atoms with Gasteiger partial charge in [-0.15, -0.1) is 0 Å². The van der Waals surface area contributed by atoms with E-state index in [-0.39, 0.29) is 0 Å². The number of nitrogens with zero attached hydrogens (tertiary/aromatic N) is 2. The van der Waals surface area contributed by atoms with Crippen LogP contribution in [0.4, 0.5) is 0 Å². The zero-order valence-corrected chi connectivity index (χ0v) is 14.0. The Hall–Kier alpha value is -2.14. The lowest BCUT2D eigenvalue weighted by atomic mass is 9.96. The first-order valence-corrected chi connectivity index (χ1v) is 8.86. The normalized spacial score (nSPS) is 26.0. The predicted octanol–water partition coefficient (Wildman–Crippen LogP) is 2.61. The van der Waals surface area contributed by atoms with Crippen molar-refractivity contribution in [1.82, 2.24) is 15.6 Å². The zero-order valence-electron chi connectivity index (χ0n) is 14.0. The first kappa shape index (κ1) is 15.4. The molecule has 0 amide bonds. The minimum atomic E-state index is 0.342. The van der Waals surface area contributed by atoms with Crippen LogP contribution in [0.25, 0.3) is 10.8 Å². The topological polar surface area (TPSA) is 58.5 Å². The molecule has 2 N–H and O–H groups in total. The van der Waals surface area contributed by atoms with Crippen molar-refractivity contribution in [3.05, 3.63) is 42.2 Å². The van der Waals surface area contributed by atoms with Crippen LogP contribution in [-0.2, 0) is 11.3 Å². The fourth-order valence-corrected chi connectivity index (χ4v) is 3.75. The Balaban J connectivity index is 1.50. The van der Waals surface area contributed by atoms with Gasteiger partial charge in [-0.1, -0.05) is 24.3 Å². The van der Waals surface area contributed by atoms with Crippen LogP contribution >= 0.6 is 0 Å². The van der Waals surface area contributed by atoms with Gasteiger partial charge in [0.1, 0.15) is 0 Å². The number of guanidine groups is 1. The van der Waals surface area contributed by atoms with E-state index in [1.165, 1.54) is 17.2 Å². The van der Waals surface area contributed by atoms with E-state index in [2.05, 4.69) is 40.7 Å². The van der Waals surface area contributed by atoms with Gasteiger partial charge < -0.3 is 15.4 Å². The van der Waals surface area contributed by atoms with E-state index in [9.17, 15) is 0 Å². The molecule has 2 fully saturated rings. The molecular formula is C19H24N4O. The third kappa shape index (κ3) is 3.08. The molecule has 4 rings (SSSR count). The fourth-order valence-electron chi connectivity index (χ4n) is 3.75. The quantitative estimate of drug-likeness (QED) is 0.670. The highest BCUT2D eigenvalue weighted by Crippen LogP contribution is 2.34. The smallest absolute Gasteiger partial charge is 0.191 e. The van der Waals surface area contributed by atoms with Crippen molar-refractivity contribution in [3.63, 3.8) is 0 Å². The predicted molar refractivity (Wildman–Crippen MR) is 96.0 cm³/mol. The molecule has 0 spiro atoms. The second kappa shape index (κ2) is 6.77. The van der Waals surface area contributed by atoms with Crippen LogP contribution in [0.3, 0.4) is 0 Å². The average Bonchev–Trinajstić information content (AvgIpc) is 3.23. The van der Waals surface area contributed by atoms with E-state index in [0.29, 0.717) is 24.8 Å². The molecule has 0 aliphatic carbocycles. The summed E-state index contributed by atoms with van der Waals surface area (Å²) in [4.78, 5) is 9.28. The highest BCUT2D eigenvalue weighted by Gasteiger charge is 2.41. The van der Waals surface area contributed by atoms with E-state index >= 15 is 0 Å². The standard InChI is InChI=1S/C19H24N4O/c1-2-20-19(23-16-11-14-7-8-18(16)24-14)22-12-17-15-6-4-3-5-13(15)9-10-21-17/h3-6,9-10,14,16,18H,2,7-8,11-12H2,1H3,(H2,20,22,23). The SMILES string of the molecule is CCNC(=NCc1nccc2ccccc12)NC1CC2CCC1O2. The maximum absolute atomic E-state index is 5.93. The Morgan fingerprint density at radius 3 is 3.00 bits per heavy atom. The molecule has 24 heavy (non-hydrogen) atoms. The van der Waals surface area contributed by atoms with Gasteiger partial charge in [-0.05, 0) is 37.6 Å². The molecule has 0 saturated carbocycles. The number of hydrogen-bond acceptors (Lipinski definition) is 3. The Kier molecular flexibility index (Phi) is 4.34. The van der Waals surface area contributed by atoms with Crippen LogP contribution in [0.1, 0.15) is 31.9 Å². The molecule has 3 atom stereocenters. The number of aromatic nitrogens is 1. The van der Waals surface area contributed by atoms with Gasteiger partial charge in [-0.2, -0.15) is 0 Å². The van der Waals surface area contributed by atoms with Gasteiger partial charge in [0.05, 0.1) is 30.5 Å². The third-order valence-electron chi connectivity index (χ3n) is 4.92. The summed E-state index contributed by atoms with van der Waals surface area (Å²) < 4.78 is 5.93. The van der Waals surface area contributed by atoms with Crippen LogP contribution in [0.5, 0.6) is 0 Å². The molecule has 3 unspecified atom stereocenters. The van der Waals surface area contributed by atoms with Crippen molar-refractivity contribution in [2.24, 2.45) is 4.99 Å². The first-order valence-electron chi connectivity index (χ1n) is 8.86. The van der Waals surface area contributed by atoms with E-state index in [4.69, 9.17) is 9.73 Å². The monoisotopic (exact) mass is 324 g/mol. The number of nitrogens with one attached hydrogen (secondary N) is 2. The number of ether oxygens (including phenoxy) is 1. The highest BCUT2D eigenvalue weighted by molar-refractivity contribution is 5.85. The van der Waals surface area contributed by atoms with E-state index in [1.807, 2.05) is 18.3 Å². The molecule has 126 valence electrons. The van der Waals surface area contributed by atoms with Gasteiger partial charge >= 0.3 is 0 Å². The largest absolute Gasteiger partial charge is 0.373 e. The lowest BCUT2D eigenvalue weighted by Gasteiger charge is -2.22. The summed E-state index contributed by atoms with van der Waals surface area (Å²) in [7, 11) is 0. The molecule has 0 radical (unpaired) electrons. The zero-order chi connectivity index (χ0) is 16.4. The number of pyridine rings is 1. The van der Waals surface area contributed by atoms with Gasteiger partial charge in [-0.25, -0.2) is 4.99 Å². The third-order valence-corrected chi connectivity index (χ3v) is 4.92. The van der Waals surface area contributed by atoms with Gasteiger partial charge in [0, 0.05) is 18.1 Å². The van der Waals surface area contributed by atoms with Crippen LogP contribution < -0.4 is 10.6 Å². The van der Waals surface area contributed by atoms with Crippen LogP contribution in [0.15, 0.2) is 41.5 Å². The van der Waals surface area contributed by atoms with Crippen molar-refractivity contribution in [3.8, 4) is 0 Å². The Bertz CT molecular complexity index is 740. The van der Waals surface area contributed by atoms with Crippen molar-refractivity contribution in [2.75, 3.05) is 6.54 Å². The second-order valence-corrected chi connectivity index (χ2v) is 6.53. The number of hydrogen-bond donors (Lipinski definition) is 2. The van der Waals surface area contributed by atoms with Gasteiger partial charge in [0.2, 0.25) is 0 Å². The van der Waals surface area contributed by atoms with Crippen molar-refractivity contribution in [2.45, 2.75) is 51.0 Å². The number of fused-ring (bicyclic) bond motifs is 3. The molecule has 2 saturated heterocycles. The molecule has 5 heteroatoms. The second-order valence-electron chi connectivity index (χ2n) is 6.53. The van der Waals surface area contributed by atoms with Crippen LogP contribution in [0.2, 0.25) is 0 Å². The maximum atomic E-state index is 5.93. The maximum Gasteiger partial charge on any atom is 0.191 e. The van der Waals surface area contributed by atoms with Crippen molar-refractivity contribution < 1.29 is 4.74 Å². The highest BCUT2D eigenvalue weighted by atomic mass is 16.5. The molecule has 2 bridgehead atoms. The lowest BCUT2D eigenvalue weighted by molar-refractivity contribution is 0.0992. The minimum absolute atomic E-state index is 0.342. The van der Waals surface area contributed by atoms with Crippen molar-refractivity contribution >= 4 is 16.7 Å². The Labute approximate surface area is 142 Å². The summed E-state index contributed by atoms with van der Waals surface area (Å²) in [6.45, 7) is 3.50. The molecule has 2 aliphatic heterocycles. The molecule has 3 heterocycles. The summed E-state index contributed by atoms with van der Waals surface area (Å²) in [6.07, 6.45) is 6.09. The van der Waals surface area contributed by atoms with E-state index in [1.54, 1.807) is 0 Å². The fraction of sp³-hybridized carbons (Fsp3) is 0.474. The van der Waals surface area contributed by atoms with Gasteiger partial charge in [-0.3, -0.25) is 4.98 Å². The summed E-state index contributed by atoms with van der Waals surface area (Å²) in [5, 5.41) is 9.27.